The lowest BCUT2D eigenvalue weighted by Gasteiger charge is -2.19. The number of benzene rings is 2. The molecular formula is C20H19FN2O3. The van der Waals surface area contributed by atoms with Gasteiger partial charge in [0.2, 0.25) is 0 Å². The molecular weight excluding hydrogens is 335 g/mol. The Kier molecular flexibility index (Phi) is 5.02. The summed E-state index contributed by atoms with van der Waals surface area (Å²) in [6.07, 6.45) is 0. The molecule has 6 heteroatoms. The van der Waals surface area contributed by atoms with Crippen molar-refractivity contribution in [2.75, 3.05) is 14.2 Å². The van der Waals surface area contributed by atoms with Crippen molar-refractivity contribution in [2.45, 2.75) is 13.5 Å². The third-order valence-corrected chi connectivity index (χ3v) is 4.14. The van der Waals surface area contributed by atoms with Crippen molar-refractivity contribution in [1.82, 2.24) is 10.1 Å². The van der Waals surface area contributed by atoms with Crippen LogP contribution >= 0.6 is 0 Å². The maximum atomic E-state index is 13.2. The van der Waals surface area contributed by atoms with E-state index >= 15 is 0 Å². The van der Waals surface area contributed by atoms with Crippen molar-refractivity contribution in [3.63, 3.8) is 0 Å². The summed E-state index contributed by atoms with van der Waals surface area (Å²) in [6, 6.07) is 13.3. The third kappa shape index (κ3) is 3.44. The number of amides is 1. The SMILES string of the molecule is COc1ccccc1CN(C)C(=O)c1c(-c2ccc(F)cc2)noc1C. The molecule has 0 unspecified atom stereocenters. The zero-order valence-corrected chi connectivity index (χ0v) is 14.8. The molecule has 26 heavy (non-hydrogen) atoms. The summed E-state index contributed by atoms with van der Waals surface area (Å²) in [5.41, 5.74) is 2.29. The van der Waals surface area contributed by atoms with Gasteiger partial charge in [0.05, 0.1) is 7.11 Å². The summed E-state index contributed by atoms with van der Waals surface area (Å²) in [4.78, 5) is 14.6. The van der Waals surface area contributed by atoms with Gasteiger partial charge in [-0.3, -0.25) is 4.79 Å². The van der Waals surface area contributed by atoms with Crippen molar-refractivity contribution in [3.8, 4) is 17.0 Å². The molecule has 1 amide bonds. The Morgan fingerprint density at radius 2 is 1.88 bits per heavy atom. The summed E-state index contributed by atoms with van der Waals surface area (Å²) in [5, 5.41) is 3.99. The Morgan fingerprint density at radius 1 is 1.19 bits per heavy atom. The highest BCUT2D eigenvalue weighted by atomic mass is 19.1. The second kappa shape index (κ2) is 7.39. The molecule has 0 fully saturated rings. The molecule has 0 saturated heterocycles. The van der Waals surface area contributed by atoms with E-state index in [4.69, 9.17) is 9.26 Å². The van der Waals surface area contributed by atoms with Crippen molar-refractivity contribution >= 4 is 5.91 Å². The Morgan fingerprint density at radius 3 is 2.58 bits per heavy atom. The van der Waals surface area contributed by atoms with E-state index in [1.807, 2.05) is 24.3 Å². The van der Waals surface area contributed by atoms with Gasteiger partial charge in [-0.05, 0) is 37.3 Å². The maximum absolute atomic E-state index is 13.2. The Hall–Kier alpha value is -3.15. The van der Waals surface area contributed by atoms with Crippen molar-refractivity contribution in [2.24, 2.45) is 0 Å². The lowest BCUT2D eigenvalue weighted by Crippen LogP contribution is -2.27. The second-order valence-corrected chi connectivity index (χ2v) is 5.94. The standard InChI is InChI=1S/C20H19FN2O3/c1-13-18(19(22-26-13)14-8-10-16(21)11-9-14)20(24)23(2)12-15-6-4-5-7-17(15)25-3/h4-11H,12H2,1-3H3. The fraction of sp³-hybridized carbons (Fsp3) is 0.200. The molecule has 2 aromatic carbocycles. The minimum Gasteiger partial charge on any atom is -0.496 e. The molecule has 0 radical (unpaired) electrons. The van der Waals surface area contributed by atoms with E-state index in [0.29, 0.717) is 34.9 Å². The number of ether oxygens (including phenoxy) is 1. The minimum atomic E-state index is -0.352. The highest BCUT2D eigenvalue weighted by Crippen LogP contribution is 2.27. The lowest BCUT2D eigenvalue weighted by atomic mass is 10.0. The molecule has 1 heterocycles. The highest BCUT2D eigenvalue weighted by Gasteiger charge is 2.25. The normalized spacial score (nSPS) is 10.6. The number of carbonyl (C=O) groups is 1. The summed E-state index contributed by atoms with van der Waals surface area (Å²) < 4.78 is 23.7. The van der Waals surface area contributed by atoms with E-state index in [1.165, 1.54) is 12.1 Å². The van der Waals surface area contributed by atoms with Crippen LogP contribution in [0.15, 0.2) is 53.1 Å². The predicted octanol–water partition coefficient (Wildman–Crippen LogP) is 4.07. The first-order chi connectivity index (χ1) is 12.5. The number of hydrogen-bond donors (Lipinski definition) is 0. The number of aryl methyl sites for hydroxylation is 1. The molecule has 0 aliphatic heterocycles. The Labute approximate surface area is 151 Å². The van der Waals surface area contributed by atoms with Crippen LogP contribution in [0.2, 0.25) is 0 Å². The van der Waals surface area contributed by atoms with Crippen LogP contribution in [-0.4, -0.2) is 30.1 Å². The molecule has 0 bridgehead atoms. The van der Waals surface area contributed by atoms with E-state index in [1.54, 1.807) is 38.1 Å². The minimum absolute atomic E-state index is 0.228. The summed E-state index contributed by atoms with van der Waals surface area (Å²) in [7, 11) is 3.30. The topological polar surface area (TPSA) is 55.6 Å². The van der Waals surface area contributed by atoms with Crippen molar-refractivity contribution < 1.29 is 18.4 Å². The molecule has 5 nitrogen and oxygen atoms in total. The number of aromatic nitrogens is 1. The van der Waals surface area contributed by atoms with Gasteiger partial charge >= 0.3 is 0 Å². The molecule has 0 aliphatic carbocycles. The molecule has 0 N–H and O–H groups in total. The monoisotopic (exact) mass is 354 g/mol. The van der Waals surface area contributed by atoms with Crippen LogP contribution in [-0.2, 0) is 6.54 Å². The van der Waals surface area contributed by atoms with Gasteiger partial charge in [0, 0.05) is 24.7 Å². The maximum Gasteiger partial charge on any atom is 0.259 e. The number of methoxy groups -OCH3 is 1. The average Bonchev–Trinajstić information content (AvgIpc) is 3.03. The van der Waals surface area contributed by atoms with Crippen LogP contribution in [0.1, 0.15) is 21.7 Å². The van der Waals surface area contributed by atoms with Gasteiger partial charge in [0.25, 0.3) is 5.91 Å². The molecule has 0 aliphatic rings. The molecule has 1 aromatic heterocycles. The quantitative estimate of drug-likeness (QED) is 0.693. The zero-order chi connectivity index (χ0) is 18.7. The van der Waals surface area contributed by atoms with Crippen LogP contribution in [0.4, 0.5) is 4.39 Å². The molecule has 3 rings (SSSR count). The van der Waals surface area contributed by atoms with Crippen molar-refractivity contribution in [3.05, 3.63) is 71.2 Å². The lowest BCUT2D eigenvalue weighted by molar-refractivity contribution is 0.0783. The third-order valence-electron chi connectivity index (χ3n) is 4.14. The molecule has 0 saturated carbocycles. The summed E-state index contributed by atoms with van der Waals surface area (Å²) in [6.45, 7) is 2.06. The number of para-hydroxylation sites is 1. The Balaban J connectivity index is 1.90. The van der Waals surface area contributed by atoms with Crippen LogP contribution in [0.25, 0.3) is 11.3 Å². The second-order valence-electron chi connectivity index (χ2n) is 5.94. The molecule has 134 valence electrons. The number of carbonyl (C=O) groups excluding carboxylic acids is 1. The average molecular weight is 354 g/mol. The number of rotatable bonds is 5. The number of hydrogen-bond acceptors (Lipinski definition) is 4. The summed E-state index contributed by atoms with van der Waals surface area (Å²) in [5.74, 6) is 0.554. The first-order valence-corrected chi connectivity index (χ1v) is 8.11. The molecule has 0 spiro atoms. The van der Waals surface area contributed by atoms with E-state index in [2.05, 4.69) is 5.16 Å². The fourth-order valence-electron chi connectivity index (χ4n) is 2.78. The van der Waals surface area contributed by atoms with Gasteiger partial charge in [-0.1, -0.05) is 23.4 Å². The Bertz CT molecular complexity index is 919. The van der Waals surface area contributed by atoms with E-state index < -0.39 is 0 Å². The van der Waals surface area contributed by atoms with Gasteiger partial charge in [0.15, 0.2) is 0 Å². The van der Waals surface area contributed by atoms with E-state index in [9.17, 15) is 9.18 Å². The highest BCUT2D eigenvalue weighted by molar-refractivity contribution is 6.00. The van der Waals surface area contributed by atoms with Gasteiger partial charge in [0.1, 0.15) is 28.6 Å². The molecule has 0 atom stereocenters. The van der Waals surface area contributed by atoms with Crippen LogP contribution < -0.4 is 4.74 Å². The van der Waals surface area contributed by atoms with Crippen LogP contribution in [0.3, 0.4) is 0 Å². The molecule has 3 aromatic rings. The number of halogens is 1. The first-order valence-electron chi connectivity index (χ1n) is 8.11. The largest absolute Gasteiger partial charge is 0.496 e. The van der Waals surface area contributed by atoms with Gasteiger partial charge < -0.3 is 14.2 Å². The number of nitrogens with zero attached hydrogens (tertiary/aromatic N) is 2. The summed E-state index contributed by atoms with van der Waals surface area (Å²) >= 11 is 0. The fourth-order valence-corrected chi connectivity index (χ4v) is 2.78. The van der Waals surface area contributed by atoms with Gasteiger partial charge in [-0.15, -0.1) is 0 Å². The van der Waals surface area contributed by atoms with Crippen LogP contribution in [0, 0.1) is 12.7 Å². The van der Waals surface area contributed by atoms with Crippen LogP contribution in [0.5, 0.6) is 5.75 Å². The van der Waals surface area contributed by atoms with Gasteiger partial charge in [-0.25, -0.2) is 4.39 Å². The van der Waals surface area contributed by atoms with Gasteiger partial charge in [-0.2, -0.15) is 0 Å². The zero-order valence-electron chi connectivity index (χ0n) is 14.8. The van der Waals surface area contributed by atoms with E-state index in [0.717, 1.165) is 5.56 Å². The van der Waals surface area contributed by atoms with Crippen molar-refractivity contribution in [1.29, 1.82) is 0 Å². The predicted molar refractivity (Wildman–Crippen MR) is 95.4 cm³/mol. The smallest absolute Gasteiger partial charge is 0.259 e. The van der Waals surface area contributed by atoms with E-state index in [-0.39, 0.29) is 11.7 Å². The first kappa shape index (κ1) is 17.7.